The molecule has 17 heavy (non-hydrogen) atoms. The van der Waals surface area contributed by atoms with E-state index in [-0.39, 0.29) is 12.3 Å². The SMILES string of the molecule is CC1CCC(CN)(C(=O)NCCC(N)=O)CC1. The van der Waals surface area contributed by atoms with E-state index in [1.165, 1.54) is 0 Å². The molecule has 5 N–H and O–H groups in total. The second-order valence-electron chi connectivity index (χ2n) is 5.14. The Kier molecular flexibility index (Phi) is 4.93. The van der Waals surface area contributed by atoms with Crippen molar-refractivity contribution in [1.82, 2.24) is 5.32 Å². The molecular weight excluding hydrogens is 218 g/mol. The molecular formula is C12H23N3O2. The summed E-state index contributed by atoms with van der Waals surface area (Å²) < 4.78 is 0. The van der Waals surface area contributed by atoms with Crippen LogP contribution < -0.4 is 16.8 Å². The van der Waals surface area contributed by atoms with Crippen molar-refractivity contribution in [3.8, 4) is 0 Å². The molecule has 5 nitrogen and oxygen atoms in total. The summed E-state index contributed by atoms with van der Waals surface area (Å²) in [5, 5.41) is 2.77. The van der Waals surface area contributed by atoms with Crippen LogP contribution in [0.4, 0.5) is 0 Å². The Hall–Kier alpha value is -1.10. The molecule has 0 bridgehead atoms. The number of primary amides is 1. The van der Waals surface area contributed by atoms with E-state index < -0.39 is 11.3 Å². The Morgan fingerprint density at radius 2 is 1.94 bits per heavy atom. The number of rotatable bonds is 5. The molecule has 2 amide bonds. The standard InChI is InChI=1S/C12H23N3O2/c1-9-2-5-12(8-13,6-3-9)11(17)15-7-4-10(14)16/h9H,2-8,13H2,1H3,(H2,14,16)(H,15,17). The molecule has 0 heterocycles. The lowest BCUT2D eigenvalue weighted by molar-refractivity contribution is -0.132. The predicted octanol–water partition coefficient (Wildman–Crippen LogP) is 0.133. The first kappa shape index (κ1) is 14.0. The van der Waals surface area contributed by atoms with Gasteiger partial charge in [-0.25, -0.2) is 0 Å². The van der Waals surface area contributed by atoms with Crippen LogP contribution >= 0.6 is 0 Å². The first-order valence-electron chi connectivity index (χ1n) is 6.27. The Labute approximate surface area is 102 Å². The van der Waals surface area contributed by atoms with Gasteiger partial charge in [0.25, 0.3) is 0 Å². The van der Waals surface area contributed by atoms with Crippen molar-refractivity contribution in [2.45, 2.75) is 39.0 Å². The summed E-state index contributed by atoms with van der Waals surface area (Å²) in [5.74, 6) is 0.255. The monoisotopic (exact) mass is 241 g/mol. The fraction of sp³-hybridized carbons (Fsp3) is 0.833. The van der Waals surface area contributed by atoms with Crippen LogP contribution in [0.2, 0.25) is 0 Å². The van der Waals surface area contributed by atoms with Crippen molar-refractivity contribution in [2.24, 2.45) is 22.8 Å². The number of carbonyl (C=O) groups is 2. The minimum absolute atomic E-state index is 0.0202. The quantitative estimate of drug-likeness (QED) is 0.638. The van der Waals surface area contributed by atoms with E-state index >= 15 is 0 Å². The van der Waals surface area contributed by atoms with Gasteiger partial charge < -0.3 is 16.8 Å². The molecule has 1 fully saturated rings. The highest BCUT2D eigenvalue weighted by Crippen LogP contribution is 2.38. The Balaban J connectivity index is 2.48. The molecule has 0 aromatic rings. The van der Waals surface area contributed by atoms with E-state index in [9.17, 15) is 9.59 Å². The van der Waals surface area contributed by atoms with Crippen LogP contribution in [0, 0.1) is 11.3 Å². The number of nitrogens with two attached hydrogens (primary N) is 2. The zero-order valence-electron chi connectivity index (χ0n) is 10.5. The largest absolute Gasteiger partial charge is 0.370 e. The van der Waals surface area contributed by atoms with E-state index in [0.717, 1.165) is 25.7 Å². The van der Waals surface area contributed by atoms with E-state index in [0.29, 0.717) is 19.0 Å². The van der Waals surface area contributed by atoms with Crippen molar-refractivity contribution in [1.29, 1.82) is 0 Å². The number of hydrogen-bond acceptors (Lipinski definition) is 3. The molecule has 1 saturated carbocycles. The van der Waals surface area contributed by atoms with Crippen molar-refractivity contribution in [3.63, 3.8) is 0 Å². The number of nitrogens with one attached hydrogen (secondary N) is 1. The number of amides is 2. The molecule has 1 rings (SSSR count). The first-order chi connectivity index (χ1) is 8.00. The molecule has 0 radical (unpaired) electrons. The summed E-state index contributed by atoms with van der Waals surface area (Å²) in [6.45, 7) is 2.89. The van der Waals surface area contributed by atoms with Crippen molar-refractivity contribution in [3.05, 3.63) is 0 Å². The summed E-state index contributed by atoms with van der Waals surface area (Å²) in [4.78, 5) is 22.7. The first-order valence-corrected chi connectivity index (χ1v) is 6.27. The number of hydrogen-bond donors (Lipinski definition) is 3. The molecule has 98 valence electrons. The van der Waals surface area contributed by atoms with Crippen molar-refractivity contribution < 1.29 is 9.59 Å². The maximum Gasteiger partial charge on any atom is 0.227 e. The Bertz CT molecular complexity index is 283. The van der Waals surface area contributed by atoms with Gasteiger partial charge in [0.05, 0.1) is 5.41 Å². The van der Waals surface area contributed by atoms with E-state index in [1.807, 2.05) is 0 Å². The van der Waals surface area contributed by atoms with Crippen molar-refractivity contribution >= 4 is 11.8 Å². The fourth-order valence-corrected chi connectivity index (χ4v) is 2.33. The molecule has 1 aliphatic rings. The highest BCUT2D eigenvalue weighted by molar-refractivity contribution is 5.83. The van der Waals surface area contributed by atoms with Gasteiger partial charge in [-0.2, -0.15) is 0 Å². The average molecular weight is 241 g/mol. The number of carbonyl (C=O) groups excluding carboxylic acids is 2. The second-order valence-corrected chi connectivity index (χ2v) is 5.14. The van der Waals surface area contributed by atoms with E-state index in [2.05, 4.69) is 12.2 Å². The molecule has 5 heteroatoms. The van der Waals surface area contributed by atoms with Crippen LogP contribution in [0.15, 0.2) is 0 Å². The maximum absolute atomic E-state index is 12.1. The molecule has 0 atom stereocenters. The van der Waals surface area contributed by atoms with Gasteiger partial charge in [0.2, 0.25) is 11.8 Å². The Morgan fingerprint density at radius 3 is 2.41 bits per heavy atom. The lowest BCUT2D eigenvalue weighted by atomic mass is 9.70. The highest BCUT2D eigenvalue weighted by Gasteiger charge is 2.39. The normalized spacial score (nSPS) is 28.7. The highest BCUT2D eigenvalue weighted by atomic mass is 16.2. The average Bonchev–Trinajstić information content (AvgIpc) is 2.30. The summed E-state index contributed by atoms with van der Waals surface area (Å²) >= 11 is 0. The zero-order chi connectivity index (χ0) is 12.9. The Morgan fingerprint density at radius 1 is 1.35 bits per heavy atom. The molecule has 0 saturated heterocycles. The third-order valence-electron chi connectivity index (χ3n) is 3.76. The smallest absolute Gasteiger partial charge is 0.227 e. The lowest BCUT2D eigenvalue weighted by Crippen LogP contribution is -2.48. The fourth-order valence-electron chi connectivity index (χ4n) is 2.33. The van der Waals surface area contributed by atoms with Gasteiger partial charge in [0, 0.05) is 19.5 Å². The predicted molar refractivity (Wildman–Crippen MR) is 65.9 cm³/mol. The molecule has 0 aromatic heterocycles. The molecule has 0 spiro atoms. The van der Waals surface area contributed by atoms with Gasteiger partial charge in [0.1, 0.15) is 0 Å². The van der Waals surface area contributed by atoms with Crippen LogP contribution in [0.5, 0.6) is 0 Å². The molecule has 0 aromatic carbocycles. The third-order valence-corrected chi connectivity index (χ3v) is 3.76. The minimum Gasteiger partial charge on any atom is -0.370 e. The minimum atomic E-state index is -0.426. The molecule has 0 aliphatic heterocycles. The summed E-state index contributed by atoms with van der Waals surface area (Å²) in [6.07, 6.45) is 3.95. The van der Waals surface area contributed by atoms with Gasteiger partial charge in [-0.1, -0.05) is 6.92 Å². The van der Waals surface area contributed by atoms with Crippen LogP contribution in [-0.4, -0.2) is 24.9 Å². The van der Waals surface area contributed by atoms with Gasteiger partial charge in [0.15, 0.2) is 0 Å². The van der Waals surface area contributed by atoms with Crippen LogP contribution in [0.25, 0.3) is 0 Å². The second kappa shape index (κ2) is 6.00. The summed E-state index contributed by atoms with van der Waals surface area (Å²) in [6, 6.07) is 0. The lowest BCUT2D eigenvalue weighted by Gasteiger charge is -2.37. The van der Waals surface area contributed by atoms with Gasteiger partial charge in [-0.05, 0) is 31.6 Å². The summed E-state index contributed by atoms with van der Waals surface area (Å²) in [7, 11) is 0. The van der Waals surface area contributed by atoms with Gasteiger partial charge in [-0.15, -0.1) is 0 Å². The summed E-state index contributed by atoms with van der Waals surface area (Å²) in [5.41, 5.74) is 10.4. The van der Waals surface area contributed by atoms with Crippen LogP contribution in [0.1, 0.15) is 39.0 Å². The van der Waals surface area contributed by atoms with E-state index in [1.54, 1.807) is 0 Å². The third kappa shape index (κ3) is 3.70. The van der Waals surface area contributed by atoms with Crippen molar-refractivity contribution in [2.75, 3.05) is 13.1 Å². The topological polar surface area (TPSA) is 98.2 Å². The van der Waals surface area contributed by atoms with Gasteiger partial charge in [-0.3, -0.25) is 9.59 Å². The van der Waals surface area contributed by atoms with Crippen LogP contribution in [0.3, 0.4) is 0 Å². The zero-order valence-corrected chi connectivity index (χ0v) is 10.5. The van der Waals surface area contributed by atoms with Crippen LogP contribution in [-0.2, 0) is 9.59 Å². The molecule has 0 unspecified atom stereocenters. The molecule has 1 aliphatic carbocycles. The maximum atomic E-state index is 12.1. The van der Waals surface area contributed by atoms with E-state index in [4.69, 9.17) is 11.5 Å². The van der Waals surface area contributed by atoms with Gasteiger partial charge >= 0.3 is 0 Å².